The topological polar surface area (TPSA) is 49.4 Å². The van der Waals surface area contributed by atoms with E-state index in [4.69, 9.17) is 11.6 Å². The summed E-state index contributed by atoms with van der Waals surface area (Å²) in [6.45, 7) is 3.97. The van der Waals surface area contributed by atoms with Gasteiger partial charge in [-0.25, -0.2) is 0 Å². The Bertz CT molecular complexity index is 482. The molecule has 2 rings (SSSR count). The molecule has 4 nitrogen and oxygen atoms in total. The van der Waals surface area contributed by atoms with E-state index in [0.29, 0.717) is 11.6 Å². The summed E-state index contributed by atoms with van der Waals surface area (Å²) < 4.78 is 0. The molecule has 0 aliphatic carbocycles. The molecule has 18 heavy (non-hydrogen) atoms. The van der Waals surface area contributed by atoms with Gasteiger partial charge < -0.3 is 10.2 Å². The Balaban J connectivity index is 2.22. The molecular formula is C13H15ClN2O2. The number of hydrogen-bond acceptors (Lipinski definition) is 2. The fourth-order valence-corrected chi connectivity index (χ4v) is 2.09. The number of carbonyl (C=O) groups is 2. The zero-order valence-corrected chi connectivity index (χ0v) is 11.1. The molecule has 2 amide bonds. The standard InChI is InChI=1S/C13H15ClN2O2/c1-13(2)12(18)15-7-11(17)16(13)8-9-3-5-10(14)6-4-9/h3-6H,7-8H2,1-2H3,(H,15,18). The molecule has 96 valence electrons. The molecule has 0 unspecified atom stereocenters. The molecule has 1 fully saturated rings. The minimum Gasteiger partial charge on any atom is -0.345 e. The zero-order valence-electron chi connectivity index (χ0n) is 10.4. The molecule has 0 saturated carbocycles. The van der Waals surface area contributed by atoms with Gasteiger partial charge in [0.25, 0.3) is 0 Å². The molecule has 0 atom stereocenters. The normalized spacial score (nSPS) is 18.7. The maximum atomic E-state index is 11.9. The average molecular weight is 267 g/mol. The maximum absolute atomic E-state index is 11.9. The molecule has 1 saturated heterocycles. The van der Waals surface area contributed by atoms with Crippen LogP contribution in [0.25, 0.3) is 0 Å². The summed E-state index contributed by atoms with van der Waals surface area (Å²) in [5.74, 6) is -0.203. The number of halogens is 1. The Hall–Kier alpha value is -1.55. The van der Waals surface area contributed by atoms with Gasteiger partial charge >= 0.3 is 0 Å². The van der Waals surface area contributed by atoms with Crippen molar-refractivity contribution in [1.29, 1.82) is 0 Å². The van der Waals surface area contributed by atoms with Crippen molar-refractivity contribution in [3.05, 3.63) is 34.9 Å². The zero-order chi connectivity index (χ0) is 13.3. The van der Waals surface area contributed by atoms with Gasteiger partial charge in [0, 0.05) is 11.6 Å². The van der Waals surface area contributed by atoms with Crippen LogP contribution in [-0.4, -0.2) is 28.8 Å². The number of benzene rings is 1. The highest BCUT2D eigenvalue weighted by Crippen LogP contribution is 2.22. The predicted octanol–water partition coefficient (Wildman–Crippen LogP) is 1.58. The Morgan fingerprint density at radius 2 is 1.89 bits per heavy atom. The lowest BCUT2D eigenvalue weighted by Crippen LogP contribution is -2.63. The molecule has 0 spiro atoms. The third-order valence-corrected chi connectivity index (χ3v) is 3.44. The predicted molar refractivity (Wildman–Crippen MR) is 69.1 cm³/mol. The molecule has 1 aliphatic heterocycles. The van der Waals surface area contributed by atoms with Crippen LogP contribution in [0.4, 0.5) is 0 Å². The number of nitrogens with zero attached hydrogens (tertiary/aromatic N) is 1. The first-order valence-electron chi connectivity index (χ1n) is 5.74. The quantitative estimate of drug-likeness (QED) is 0.884. The van der Waals surface area contributed by atoms with E-state index in [1.165, 1.54) is 0 Å². The molecule has 1 heterocycles. The Kier molecular flexibility index (Phi) is 3.30. The van der Waals surface area contributed by atoms with E-state index in [-0.39, 0.29) is 18.4 Å². The highest BCUT2D eigenvalue weighted by Gasteiger charge is 2.41. The summed E-state index contributed by atoms with van der Waals surface area (Å²) in [6, 6.07) is 7.27. The largest absolute Gasteiger partial charge is 0.345 e. The first-order chi connectivity index (χ1) is 8.41. The van der Waals surface area contributed by atoms with Gasteiger partial charge in [0.2, 0.25) is 11.8 Å². The minimum absolute atomic E-state index is 0.0653. The van der Waals surface area contributed by atoms with Gasteiger partial charge in [-0.05, 0) is 31.5 Å². The second-order valence-corrected chi connectivity index (χ2v) is 5.28. The highest BCUT2D eigenvalue weighted by molar-refractivity contribution is 6.30. The average Bonchev–Trinajstić information content (AvgIpc) is 2.32. The van der Waals surface area contributed by atoms with E-state index >= 15 is 0 Å². The fraction of sp³-hybridized carbons (Fsp3) is 0.385. The van der Waals surface area contributed by atoms with Crippen LogP contribution in [0.1, 0.15) is 19.4 Å². The number of hydrogen-bond donors (Lipinski definition) is 1. The number of nitrogens with one attached hydrogen (secondary N) is 1. The SMILES string of the molecule is CC1(C)C(=O)NCC(=O)N1Cc1ccc(Cl)cc1. The van der Waals surface area contributed by atoms with Gasteiger partial charge in [0.15, 0.2) is 0 Å². The van der Waals surface area contributed by atoms with Gasteiger partial charge in [-0.2, -0.15) is 0 Å². The molecule has 0 bridgehead atoms. The number of carbonyl (C=O) groups excluding carboxylic acids is 2. The number of rotatable bonds is 2. The lowest BCUT2D eigenvalue weighted by atomic mass is 9.97. The van der Waals surface area contributed by atoms with Crippen molar-refractivity contribution in [3.8, 4) is 0 Å². The van der Waals surface area contributed by atoms with Crippen LogP contribution in [0, 0.1) is 0 Å². The Morgan fingerprint density at radius 1 is 1.28 bits per heavy atom. The first-order valence-corrected chi connectivity index (χ1v) is 6.12. The van der Waals surface area contributed by atoms with Crippen molar-refractivity contribution < 1.29 is 9.59 Å². The summed E-state index contributed by atoms with van der Waals surface area (Å²) in [5, 5.41) is 3.25. The summed E-state index contributed by atoms with van der Waals surface area (Å²) in [7, 11) is 0. The molecule has 0 radical (unpaired) electrons. The second kappa shape index (κ2) is 4.61. The molecule has 1 N–H and O–H groups in total. The monoisotopic (exact) mass is 266 g/mol. The van der Waals surface area contributed by atoms with E-state index in [2.05, 4.69) is 5.32 Å². The first kappa shape index (κ1) is 12.9. The van der Waals surface area contributed by atoms with E-state index in [1.807, 2.05) is 12.1 Å². The van der Waals surface area contributed by atoms with E-state index in [0.717, 1.165) is 5.56 Å². The smallest absolute Gasteiger partial charge is 0.245 e. The van der Waals surface area contributed by atoms with Gasteiger partial charge in [-0.1, -0.05) is 23.7 Å². The molecule has 1 aromatic rings. The van der Waals surface area contributed by atoms with Crippen molar-refractivity contribution >= 4 is 23.4 Å². The summed E-state index contributed by atoms with van der Waals surface area (Å²) >= 11 is 5.82. The van der Waals surface area contributed by atoms with Crippen molar-refractivity contribution in [3.63, 3.8) is 0 Å². The summed E-state index contributed by atoms with van der Waals surface area (Å²) in [6.07, 6.45) is 0. The van der Waals surface area contributed by atoms with Gasteiger partial charge in [0.1, 0.15) is 5.54 Å². The Morgan fingerprint density at radius 3 is 2.50 bits per heavy atom. The van der Waals surface area contributed by atoms with E-state index < -0.39 is 5.54 Å². The molecule has 1 aliphatic rings. The lowest BCUT2D eigenvalue weighted by molar-refractivity contribution is -0.152. The Labute approximate surface area is 111 Å². The van der Waals surface area contributed by atoms with E-state index in [1.54, 1.807) is 30.9 Å². The van der Waals surface area contributed by atoms with Crippen LogP contribution in [0.5, 0.6) is 0 Å². The third kappa shape index (κ3) is 2.34. The van der Waals surface area contributed by atoms with Crippen molar-refractivity contribution in [2.75, 3.05) is 6.54 Å². The molecule has 0 aromatic heterocycles. The molecular weight excluding hydrogens is 252 g/mol. The van der Waals surface area contributed by atoms with Crippen LogP contribution >= 0.6 is 11.6 Å². The van der Waals surface area contributed by atoms with Crippen LogP contribution in [0.2, 0.25) is 5.02 Å². The molecule has 5 heteroatoms. The summed E-state index contributed by atoms with van der Waals surface area (Å²) in [5.41, 5.74) is 0.130. The second-order valence-electron chi connectivity index (χ2n) is 4.85. The lowest BCUT2D eigenvalue weighted by Gasteiger charge is -2.41. The van der Waals surface area contributed by atoms with Crippen LogP contribution < -0.4 is 5.32 Å². The maximum Gasteiger partial charge on any atom is 0.245 e. The number of piperazine rings is 1. The third-order valence-electron chi connectivity index (χ3n) is 3.19. The van der Waals surface area contributed by atoms with Gasteiger partial charge in [-0.3, -0.25) is 9.59 Å². The van der Waals surface area contributed by atoms with Crippen LogP contribution in [-0.2, 0) is 16.1 Å². The van der Waals surface area contributed by atoms with Crippen LogP contribution in [0.15, 0.2) is 24.3 Å². The van der Waals surface area contributed by atoms with Gasteiger partial charge in [0.05, 0.1) is 6.54 Å². The van der Waals surface area contributed by atoms with Crippen molar-refractivity contribution in [2.45, 2.75) is 25.9 Å². The fourth-order valence-electron chi connectivity index (χ4n) is 1.96. The van der Waals surface area contributed by atoms with E-state index in [9.17, 15) is 9.59 Å². The summed E-state index contributed by atoms with van der Waals surface area (Å²) in [4.78, 5) is 25.3. The highest BCUT2D eigenvalue weighted by atomic mass is 35.5. The van der Waals surface area contributed by atoms with Crippen molar-refractivity contribution in [2.24, 2.45) is 0 Å². The van der Waals surface area contributed by atoms with Crippen LogP contribution in [0.3, 0.4) is 0 Å². The minimum atomic E-state index is -0.824. The van der Waals surface area contributed by atoms with Crippen molar-refractivity contribution in [1.82, 2.24) is 10.2 Å². The number of amides is 2. The van der Waals surface area contributed by atoms with Gasteiger partial charge in [-0.15, -0.1) is 0 Å². The molecule has 1 aromatic carbocycles.